The zero-order valence-electron chi connectivity index (χ0n) is 10.5. The Morgan fingerprint density at radius 2 is 2.11 bits per heavy atom. The van der Waals surface area contributed by atoms with Gasteiger partial charge in [0.2, 0.25) is 0 Å². The lowest BCUT2D eigenvalue weighted by Crippen LogP contribution is -2.17. The van der Waals surface area contributed by atoms with Gasteiger partial charge in [-0.05, 0) is 53.5 Å². The minimum atomic E-state index is -0.150. The Bertz CT molecular complexity index is 604. The van der Waals surface area contributed by atoms with E-state index in [2.05, 4.69) is 26.2 Å². The highest BCUT2D eigenvalue weighted by Gasteiger charge is 2.12. The van der Waals surface area contributed by atoms with E-state index in [4.69, 9.17) is 0 Å². The Kier molecular flexibility index (Phi) is 3.52. The number of amides is 1. The number of pyridine rings is 1. The molecule has 0 aromatic carbocycles. The minimum Gasteiger partial charge on any atom is -0.344 e. The van der Waals surface area contributed by atoms with Gasteiger partial charge in [-0.25, -0.2) is 4.98 Å². The predicted octanol–water partition coefficient (Wildman–Crippen LogP) is 3.05. The first kappa shape index (κ1) is 12.8. The molecular formula is C13H14BrN3O. The van der Waals surface area contributed by atoms with Gasteiger partial charge < -0.3 is 9.88 Å². The van der Waals surface area contributed by atoms with E-state index in [1.807, 2.05) is 37.6 Å². The number of carbonyl (C=O) groups is 1. The van der Waals surface area contributed by atoms with Crippen LogP contribution in [-0.2, 0) is 7.05 Å². The van der Waals surface area contributed by atoms with Crippen molar-refractivity contribution in [1.29, 1.82) is 0 Å². The zero-order chi connectivity index (χ0) is 13.3. The monoisotopic (exact) mass is 307 g/mol. The first-order valence-corrected chi connectivity index (χ1v) is 6.34. The molecule has 0 saturated carbocycles. The quantitative estimate of drug-likeness (QED) is 0.927. The highest BCUT2D eigenvalue weighted by molar-refractivity contribution is 9.10. The average Bonchev–Trinajstić information content (AvgIpc) is 2.64. The molecule has 0 fully saturated rings. The summed E-state index contributed by atoms with van der Waals surface area (Å²) in [4.78, 5) is 16.3. The zero-order valence-corrected chi connectivity index (χ0v) is 12.1. The van der Waals surface area contributed by atoms with E-state index in [-0.39, 0.29) is 5.91 Å². The molecule has 0 unspecified atom stereocenters. The number of carbonyl (C=O) groups excluding carboxylic acids is 1. The molecule has 0 spiro atoms. The van der Waals surface area contributed by atoms with Crippen LogP contribution in [0, 0.1) is 13.8 Å². The number of halogens is 1. The fraction of sp³-hybridized carbons (Fsp3) is 0.231. The van der Waals surface area contributed by atoms with Gasteiger partial charge in [-0.2, -0.15) is 0 Å². The van der Waals surface area contributed by atoms with Crippen LogP contribution in [-0.4, -0.2) is 15.5 Å². The summed E-state index contributed by atoms with van der Waals surface area (Å²) < 4.78 is 2.75. The third-order valence-electron chi connectivity index (χ3n) is 2.88. The SMILES string of the molecule is Cc1cc(Br)cnc1NC(=O)c1ccc(C)n1C. The van der Waals surface area contributed by atoms with Crippen molar-refractivity contribution < 1.29 is 4.79 Å². The Balaban J connectivity index is 2.24. The van der Waals surface area contributed by atoms with Gasteiger partial charge >= 0.3 is 0 Å². The molecule has 0 aliphatic rings. The highest BCUT2D eigenvalue weighted by Crippen LogP contribution is 2.17. The Morgan fingerprint density at radius 1 is 1.39 bits per heavy atom. The number of aromatic nitrogens is 2. The van der Waals surface area contributed by atoms with Crippen LogP contribution in [0.5, 0.6) is 0 Å². The van der Waals surface area contributed by atoms with Gasteiger partial charge in [0.05, 0.1) is 0 Å². The summed E-state index contributed by atoms with van der Waals surface area (Å²) >= 11 is 3.34. The number of hydrogen-bond acceptors (Lipinski definition) is 2. The lowest BCUT2D eigenvalue weighted by atomic mass is 10.3. The molecule has 2 aromatic rings. The lowest BCUT2D eigenvalue weighted by Gasteiger charge is -2.08. The van der Waals surface area contributed by atoms with E-state index in [1.165, 1.54) is 0 Å². The van der Waals surface area contributed by atoms with Crippen molar-refractivity contribution in [2.45, 2.75) is 13.8 Å². The van der Waals surface area contributed by atoms with Crippen molar-refractivity contribution in [3.05, 3.63) is 45.8 Å². The Morgan fingerprint density at radius 3 is 2.67 bits per heavy atom. The number of hydrogen-bond donors (Lipinski definition) is 1. The van der Waals surface area contributed by atoms with Gasteiger partial charge in [0.25, 0.3) is 5.91 Å². The number of nitrogens with zero attached hydrogens (tertiary/aromatic N) is 2. The van der Waals surface area contributed by atoms with E-state index < -0.39 is 0 Å². The van der Waals surface area contributed by atoms with Crippen LogP contribution >= 0.6 is 15.9 Å². The van der Waals surface area contributed by atoms with Gasteiger partial charge in [-0.15, -0.1) is 0 Å². The summed E-state index contributed by atoms with van der Waals surface area (Å²) in [6.45, 7) is 3.86. The molecule has 0 saturated heterocycles. The fourth-order valence-electron chi connectivity index (χ4n) is 1.68. The van der Waals surface area contributed by atoms with Crippen molar-refractivity contribution in [3.63, 3.8) is 0 Å². The van der Waals surface area contributed by atoms with Crippen LogP contribution in [0.4, 0.5) is 5.82 Å². The first-order valence-electron chi connectivity index (χ1n) is 5.55. The normalized spacial score (nSPS) is 10.4. The number of aryl methyl sites for hydroxylation is 2. The summed E-state index contributed by atoms with van der Waals surface area (Å²) in [7, 11) is 1.87. The summed E-state index contributed by atoms with van der Waals surface area (Å²) in [6.07, 6.45) is 1.67. The van der Waals surface area contributed by atoms with Gasteiger partial charge in [0.15, 0.2) is 0 Å². The Labute approximate surface area is 114 Å². The fourth-order valence-corrected chi connectivity index (χ4v) is 2.13. The molecule has 4 nitrogen and oxygen atoms in total. The van der Waals surface area contributed by atoms with Gasteiger partial charge in [0.1, 0.15) is 11.5 Å². The van der Waals surface area contributed by atoms with Gasteiger partial charge in [0, 0.05) is 23.4 Å². The number of nitrogens with one attached hydrogen (secondary N) is 1. The van der Waals surface area contributed by atoms with Gasteiger partial charge in [-0.3, -0.25) is 4.79 Å². The predicted molar refractivity (Wildman–Crippen MR) is 74.8 cm³/mol. The third-order valence-corrected chi connectivity index (χ3v) is 3.32. The molecule has 0 bridgehead atoms. The molecule has 0 atom stereocenters. The molecule has 2 rings (SSSR count). The van der Waals surface area contributed by atoms with E-state index in [9.17, 15) is 4.79 Å². The lowest BCUT2D eigenvalue weighted by molar-refractivity contribution is 0.101. The van der Waals surface area contributed by atoms with E-state index >= 15 is 0 Å². The topological polar surface area (TPSA) is 46.9 Å². The van der Waals surface area contributed by atoms with Crippen molar-refractivity contribution >= 4 is 27.7 Å². The average molecular weight is 308 g/mol. The molecule has 5 heteroatoms. The molecule has 0 aliphatic heterocycles. The molecule has 1 N–H and O–H groups in total. The number of anilines is 1. The van der Waals surface area contributed by atoms with Crippen molar-refractivity contribution in [3.8, 4) is 0 Å². The van der Waals surface area contributed by atoms with Crippen LogP contribution in [0.15, 0.2) is 28.9 Å². The highest BCUT2D eigenvalue weighted by atomic mass is 79.9. The van der Waals surface area contributed by atoms with Crippen molar-refractivity contribution in [1.82, 2.24) is 9.55 Å². The molecule has 1 amide bonds. The Hall–Kier alpha value is -1.62. The second-order valence-corrected chi connectivity index (χ2v) is 5.11. The van der Waals surface area contributed by atoms with E-state index in [1.54, 1.807) is 12.3 Å². The maximum absolute atomic E-state index is 12.1. The van der Waals surface area contributed by atoms with Crippen molar-refractivity contribution in [2.75, 3.05) is 5.32 Å². The molecule has 18 heavy (non-hydrogen) atoms. The van der Waals surface area contributed by atoms with Crippen LogP contribution < -0.4 is 5.32 Å². The molecule has 2 aromatic heterocycles. The second-order valence-electron chi connectivity index (χ2n) is 4.19. The van der Waals surface area contributed by atoms with E-state index in [0.717, 1.165) is 15.7 Å². The third kappa shape index (κ3) is 2.46. The standard InChI is InChI=1S/C13H14BrN3O/c1-8-6-10(14)7-15-12(8)16-13(18)11-5-4-9(2)17(11)3/h4-7H,1-3H3,(H,15,16,18). The first-order chi connectivity index (χ1) is 8.49. The largest absolute Gasteiger partial charge is 0.344 e. The van der Waals surface area contributed by atoms with E-state index in [0.29, 0.717) is 11.5 Å². The van der Waals surface area contributed by atoms with Crippen LogP contribution in [0.3, 0.4) is 0 Å². The summed E-state index contributed by atoms with van der Waals surface area (Å²) in [5.74, 6) is 0.436. The van der Waals surface area contributed by atoms with Crippen LogP contribution in [0.25, 0.3) is 0 Å². The van der Waals surface area contributed by atoms with Crippen molar-refractivity contribution in [2.24, 2.45) is 7.05 Å². The number of rotatable bonds is 2. The van der Waals surface area contributed by atoms with Gasteiger partial charge in [-0.1, -0.05) is 0 Å². The summed E-state index contributed by atoms with van der Waals surface area (Å²) in [5.41, 5.74) is 2.58. The molecule has 94 valence electrons. The molecule has 0 radical (unpaired) electrons. The molecule has 2 heterocycles. The summed E-state index contributed by atoms with van der Waals surface area (Å²) in [6, 6.07) is 5.63. The maximum Gasteiger partial charge on any atom is 0.273 e. The second kappa shape index (κ2) is 4.94. The molecule has 0 aliphatic carbocycles. The summed E-state index contributed by atoms with van der Waals surface area (Å²) in [5, 5.41) is 2.82. The van der Waals surface area contributed by atoms with Crippen LogP contribution in [0.1, 0.15) is 21.7 Å². The smallest absolute Gasteiger partial charge is 0.273 e. The molecular weight excluding hydrogens is 294 g/mol. The maximum atomic E-state index is 12.1. The van der Waals surface area contributed by atoms with Crippen LogP contribution in [0.2, 0.25) is 0 Å². The minimum absolute atomic E-state index is 0.150.